The maximum absolute atomic E-state index is 12.7. The van der Waals surface area contributed by atoms with Gasteiger partial charge in [-0.3, -0.25) is 0 Å². The number of hydrogen-bond acceptors (Lipinski definition) is 0. The molecule has 1 aromatic rings. The molecule has 11 heavy (non-hydrogen) atoms. The van der Waals surface area contributed by atoms with Gasteiger partial charge in [0.15, 0.2) is 0 Å². The van der Waals surface area contributed by atoms with Gasteiger partial charge in [-0.2, -0.15) is 0 Å². The molecule has 0 aromatic heterocycles. The van der Waals surface area contributed by atoms with Crippen molar-refractivity contribution in [1.82, 2.24) is 0 Å². The Hall–Kier alpha value is -0.820. The summed E-state index contributed by atoms with van der Waals surface area (Å²) in [5.74, 6) is -0.373. The van der Waals surface area contributed by atoms with E-state index in [0.717, 1.165) is 5.56 Å². The fourth-order valence-corrected chi connectivity index (χ4v) is 0.926. The summed E-state index contributed by atoms with van der Waals surface area (Å²) in [6, 6.07) is 4.72. The molecule has 0 saturated heterocycles. The number of halogens is 2. The number of benzene rings is 1. The van der Waals surface area contributed by atoms with E-state index in [2.05, 4.69) is 0 Å². The lowest BCUT2D eigenvalue weighted by atomic mass is 10.2. The second-order valence-electron chi connectivity index (χ2n) is 2.17. The number of allylic oxidation sites excluding steroid dienone is 1. The van der Waals surface area contributed by atoms with Crippen LogP contribution in [0.5, 0.6) is 0 Å². The Kier molecular flexibility index (Phi) is 2.66. The third-order valence-electron chi connectivity index (χ3n) is 1.30. The van der Waals surface area contributed by atoms with Gasteiger partial charge in [-0.25, -0.2) is 4.39 Å². The Bertz CT molecular complexity index is 279. The molecule has 0 aliphatic heterocycles. The second-order valence-corrected chi connectivity index (χ2v) is 2.58. The van der Waals surface area contributed by atoms with E-state index in [1.165, 1.54) is 6.07 Å². The molecule has 1 aromatic carbocycles. The van der Waals surface area contributed by atoms with Crippen molar-refractivity contribution in [2.24, 2.45) is 0 Å². The predicted molar refractivity (Wildman–Crippen MR) is 46.1 cm³/mol. The largest absolute Gasteiger partial charge is 0.205 e. The molecule has 0 radical (unpaired) electrons. The van der Waals surface area contributed by atoms with Crippen LogP contribution in [0.25, 0.3) is 6.08 Å². The van der Waals surface area contributed by atoms with Gasteiger partial charge in [-0.05, 0) is 24.6 Å². The molecule has 0 fully saturated rings. The van der Waals surface area contributed by atoms with Gasteiger partial charge in [-0.15, -0.1) is 0 Å². The van der Waals surface area contributed by atoms with Crippen LogP contribution in [-0.2, 0) is 0 Å². The molecule has 0 saturated carbocycles. The fourth-order valence-electron chi connectivity index (χ4n) is 0.809. The molecule has 58 valence electrons. The van der Waals surface area contributed by atoms with Gasteiger partial charge in [0.05, 0.1) is 5.02 Å². The number of hydrogen-bond donors (Lipinski definition) is 0. The van der Waals surface area contributed by atoms with E-state index in [-0.39, 0.29) is 10.8 Å². The molecular weight excluding hydrogens is 163 g/mol. The predicted octanol–water partition coefficient (Wildman–Crippen LogP) is 3.51. The van der Waals surface area contributed by atoms with Crippen molar-refractivity contribution in [1.29, 1.82) is 0 Å². The highest BCUT2D eigenvalue weighted by Crippen LogP contribution is 2.16. The molecule has 0 bridgehead atoms. The van der Waals surface area contributed by atoms with Crippen LogP contribution in [0.15, 0.2) is 24.3 Å². The first-order valence-corrected chi connectivity index (χ1v) is 3.69. The van der Waals surface area contributed by atoms with E-state index in [1.54, 1.807) is 12.1 Å². The lowest BCUT2D eigenvalue weighted by Crippen LogP contribution is -1.77. The zero-order valence-electron chi connectivity index (χ0n) is 6.14. The van der Waals surface area contributed by atoms with Crippen LogP contribution in [0.3, 0.4) is 0 Å². The zero-order valence-corrected chi connectivity index (χ0v) is 6.90. The van der Waals surface area contributed by atoms with Crippen LogP contribution in [0.1, 0.15) is 12.5 Å². The molecule has 0 aliphatic rings. The summed E-state index contributed by atoms with van der Waals surface area (Å²) in [6.45, 7) is 1.88. The highest BCUT2D eigenvalue weighted by atomic mass is 35.5. The maximum Gasteiger partial charge on any atom is 0.142 e. The van der Waals surface area contributed by atoms with Crippen LogP contribution in [0, 0.1) is 5.82 Å². The van der Waals surface area contributed by atoms with E-state index in [1.807, 2.05) is 19.1 Å². The minimum Gasteiger partial charge on any atom is -0.205 e. The van der Waals surface area contributed by atoms with Crippen LogP contribution in [0.2, 0.25) is 5.02 Å². The Morgan fingerprint density at radius 1 is 1.45 bits per heavy atom. The Labute approximate surface area is 70.3 Å². The van der Waals surface area contributed by atoms with Gasteiger partial charge in [0.2, 0.25) is 0 Å². The molecule has 0 aliphatic carbocycles. The van der Waals surface area contributed by atoms with Crippen LogP contribution in [0.4, 0.5) is 4.39 Å². The van der Waals surface area contributed by atoms with Gasteiger partial charge in [-0.1, -0.05) is 29.8 Å². The molecule has 0 spiro atoms. The SMILES string of the molecule is C/C=C/c1ccc(Cl)c(F)c1. The van der Waals surface area contributed by atoms with Crippen molar-refractivity contribution in [3.05, 3.63) is 40.7 Å². The Morgan fingerprint density at radius 3 is 2.73 bits per heavy atom. The molecule has 0 amide bonds. The van der Waals surface area contributed by atoms with Crippen molar-refractivity contribution < 1.29 is 4.39 Å². The summed E-state index contributed by atoms with van der Waals surface area (Å²) in [5.41, 5.74) is 0.828. The average Bonchev–Trinajstić information content (AvgIpc) is 1.98. The van der Waals surface area contributed by atoms with Crippen molar-refractivity contribution in [3.8, 4) is 0 Å². The van der Waals surface area contributed by atoms with Crippen LogP contribution in [-0.4, -0.2) is 0 Å². The van der Waals surface area contributed by atoms with E-state index >= 15 is 0 Å². The van der Waals surface area contributed by atoms with E-state index < -0.39 is 0 Å². The Balaban J connectivity index is 3.05. The second kappa shape index (κ2) is 3.54. The first-order valence-electron chi connectivity index (χ1n) is 3.32. The topological polar surface area (TPSA) is 0 Å². The molecule has 0 heterocycles. The van der Waals surface area contributed by atoms with Gasteiger partial charge in [0, 0.05) is 0 Å². The summed E-state index contributed by atoms with van der Waals surface area (Å²) in [5, 5.41) is 0.165. The van der Waals surface area contributed by atoms with Gasteiger partial charge < -0.3 is 0 Å². The Morgan fingerprint density at radius 2 is 2.18 bits per heavy atom. The fraction of sp³-hybridized carbons (Fsp3) is 0.111. The lowest BCUT2D eigenvalue weighted by Gasteiger charge is -1.94. The van der Waals surface area contributed by atoms with E-state index in [0.29, 0.717) is 0 Å². The molecule has 0 nitrogen and oxygen atoms in total. The minimum atomic E-state index is -0.373. The van der Waals surface area contributed by atoms with Crippen molar-refractivity contribution in [3.63, 3.8) is 0 Å². The lowest BCUT2D eigenvalue weighted by molar-refractivity contribution is 0.628. The molecule has 1 rings (SSSR count). The molecule has 0 unspecified atom stereocenters. The van der Waals surface area contributed by atoms with Crippen LogP contribution >= 0.6 is 11.6 Å². The van der Waals surface area contributed by atoms with Crippen molar-refractivity contribution in [2.45, 2.75) is 6.92 Å². The highest BCUT2D eigenvalue weighted by molar-refractivity contribution is 6.30. The highest BCUT2D eigenvalue weighted by Gasteiger charge is 1.97. The molecule has 2 heteroatoms. The van der Waals surface area contributed by atoms with Gasteiger partial charge in [0.25, 0.3) is 0 Å². The average molecular weight is 171 g/mol. The summed E-state index contributed by atoms with van der Waals surface area (Å²) >= 11 is 5.48. The monoisotopic (exact) mass is 170 g/mol. The number of rotatable bonds is 1. The van der Waals surface area contributed by atoms with Gasteiger partial charge >= 0.3 is 0 Å². The summed E-state index contributed by atoms with van der Waals surface area (Å²) in [4.78, 5) is 0. The third kappa shape index (κ3) is 2.05. The molecule has 0 atom stereocenters. The molecule has 0 N–H and O–H groups in total. The first kappa shape index (κ1) is 8.28. The summed E-state index contributed by atoms with van der Waals surface area (Å²) in [7, 11) is 0. The quantitative estimate of drug-likeness (QED) is 0.605. The zero-order chi connectivity index (χ0) is 8.27. The summed E-state index contributed by atoms with van der Waals surface area (Å²) < 4.78 is 12.7. The normalized spacial score (nSPS) is 10.8. The van der Waals surface area contributed by atoms with E-state index in [4.69, 9.17) is 11.6 Å². The first-order chi connectivity index (χ1) is 5.24. The van der Waals surface area contributed by atoms with E-state index in [9.17, 15) is 4.39 Å². The standard InChI is InChI=1S/C9H8ClF/c1-2-3-7-4-5-8(10)9(11)6-7/h2-6H,1H3/b3-2+. The third-order valence-corrected chi connectivity index (χ3v) is 1.61. The smallest absolute Gasteiger partial charge is 0.142 e. The van der Waals surface area contributed by atoms with Crippen LogP contribution < -0.4 is 0 Å². The summed E-state index contributed by atoms with van der Waals surface area (Å²) in [6.07, 6.45) is 3.67. The molecular formula is C9H8ClF. The maximum atomic E-state index is 12.7. The minimum absolute atomic E-state index is 0.165. The van der Waals surface area contributed by atoms with Gasteiger partial charge in [0.1, 0.15) is 5.82 Å². The van der Waals surface area contributed by atoms with Crippen molar-refractivity contribution in [2.75, 3.05) is 0 Å². The van der Waals surface area contributed by atoms with Crippen molar-refractivity contribution >= 4 is 17.7 Å².